The smallest absolute Gasteiger partial charge is 0.339 e. The van der Waals surface area contributed by atoms with Crippen LogP contribution in [0.25, 0.3) is 6.08 Å². The molecule has 1 heterocycles. The van der Waals surface area contributed by atoms with Crippen molar-refractivity contribution in [2.75, 3.05) is 13.1 Å². The van der Waals surface area contributed by atoms with E-state index in [1.807, 2.05) is 30.3 Å². The number of piperidine rings is 1. The first-order chi connectivity index (χ1) is 16.2. The van der Waals surface area contributed by atoms with Crippen molar-refractivity contribution in [2.45, 2.75) is 50.9 Å². The number of rotatable bonds is 6. The second-order valence-corrected chi connectivity index (χ2v) is 9.12. The lowest BCUT2D eigenvalue weighted by atomic mass is 9.93. The van der Waals surface area contributed by atoms with Gasteiger partial charge in [-0.1, -0.05) is 42.5 Å². The van der Waals surface area contributed by atoms with Crippen molar-refractivity contribution in [1.29, 1.82) is 0 Å². The van der Waals surface area contributed by atoms with Crippen LogP contribution in [0.15, 0.2) is 60.7 Å². The molecule has 2 fully saturated rings. The van der Waals surface area contributed by atoms with Crippen LogP contribution in [0, 0.1) is 5.92 Å². The molecule has 2 aliphatic rings. The van der Waals surface area contributed by atoms with Gasteiger partial charge in [0.25, 0.3) is 0 Å². The maximum absolute atomic E-state index is 13.4. The number of benzene rings is 2. The third kappa shape index (κ3) is 5.69. The van der Waals surface area contributed by atoms with Crippen molar-refractivity contribution in [1.82, 2.24) is 9.80 Å². The summed E-state index contributed by atoms with van der Waals surface area (Å²) in [6.07, 6.45) is 1.78. The van der Waals surface area contributed by atoms with Crippen molar-refractivity contribution < 1.29 is 22.8 Å². The van der Waals surface area contributed by atoms with Crippen LogP contribution >= 0.6 is 0 Å². The summed E-state index contributed by atoms with van der Waals surface area (Å²) in [6, 6.07) is 14.5. The lowest BCUT2D eigenvalue weighted by Gasteiger charge is -2.37. The van der Waals surface area contributed by atoms with Crippen molar-refractivity contribution in [2.24, 2.45) is 5.92 Å². The third-order valence-corrected chi connectivity index (χ3v) is 6.68. The Morgan fingerprint density at radius 1 is 1.00 bits per heavy atom. The molecule has 1 saturated carbocycles. The average molecular weight is 471 g/mol. The lowest BCUT2D eigenvalue weighted by molar-refractivity contribution is -0.142. The third-order valence-electron chi connectivity index (χ3n) is 6.68. The number of nitrogens with zero attached hydrogens (tertiary/aromatic N) is 2. The minimum atomic E-state index is -4.42. The highest BCUT2D eigenvalue weighted by molar-refractivity contribution is 5.92. The summed E-state index contributed by atoms with van der Waals surface area (Å²) in [5, 5.41) is 0. The van der Waals surface area contributed by atoms with E-state index in [9.17, 15) is 22.8 Å². The van der Waals surface area contributed by atoms with Gasteiger partial charge in [-0.25, -0.2) is 0 Å². The molecule has 1 saturated heterocycles. The Kier molecular flexibility index (Phi) is 7.10. The standard InChI is InChI=1S/C27H29F3N2O2/c1-19(22-8-5-9-23(18-22)27(28,29)30)32(24-11-12-24)26(34)21-14-16-31(17-15-21)25(33)13-10-20-6-3-2-4-7-20/h2-10,13,18-19,21,24H,11-12,14-17H2,1H3/b13-10+. The predicted molar refractivity (Wildman–Crippen MR) is 125 cm³/mol. The minimum absolute atomic E-state index is 0.0145. The summed E-state index contributed by atoms with van der Waals surface area (Å²) >= 11 is 0. The van der Waals surface area contributed by atoms with E-state index in [0.717, 1.165) is 30.5 Å². The zero-order chi connectivity index (χ0) is 24.3. The summed E-state index contributed by atoms with van der Waals surface area (Å²) < 4.78 is 39.6. The van der Waals surface area contributed by atoms with Gasteiger partial charge >= 0.3 is 6.18 Å². The number of hydrogen-bond acceptors (Lipinski definition) is 2. The monoisotopic (exact) mass is 470 g/mol. The number of amides is 2. The van der Waals surface area contributed by atoms with Crippen LogP contribution in [0.4, 0.5) is 13.2 Å². The van der Waals surface area contributed by atoms with Gasteiger partial charge in [-0.2, -0.15) is 13.2 Å². The van der Waals surface area contributed by atoms with Gasteiger partial charge in [0.1, 0.15) is 0 Å². The molecule has 2 amide bonds. The van der Waals surface area contributed by atoms with Crippen LogP contribution in [0.3, 0.4) is 0 Å². The zero-order valence-electron chi connectivity index (χ0n) is 19.2. The van der Waals surface area contributed by atoms with E-state index in [0.29, 0.717) is 31.5 Å². The summed E-state index contributed by atoms with van der Waals surface area (Å²) in [5.41, 5.74) is 0.744. The molecule has 1 aliphatic carbocycles. The highest BCUT2D eigenvalue weighted by Gasteiger charge is 2.40. The van der Waals surface area contributed by atoms with Crippen LogP contribution in [-0.2, 0) is 15.8 Å². The van der Waals surface area contributed by atoms with Gasteiger partial charge in [0.05, 0.1) is 11.6 Å². The Bertz CT molecular complexity index is 1040. The number of carbonyl (C=O) groups excluding carboxylic acids is 2. The molecule has 2 aromatic carbocycles. The zero-order valence-corrected chi connectivity index (χ0v) is 19.2. The number of hydrogen-bond donors (Lipinski definition) is 0. The SMILES string of the molecule is CC(c1cccc(C(F)(F)F)c1)N(C(=O)C1CCN(C(=O)/C=C/c2ccccc2)CC1)C1CC1. The van der Waals surface area contributed by atoms with Gasteiger partial charge in [-0.3, -0.25) is 9.59 Å². The average Bonchev–Trinajstić information content (AvgIpc) is 3.68. The molecule has 1 unspecified atom stereocenters. The molecule has 0 spiro atoms. The predicted octanol–water partition coefficient (Wildman–Crippen LogP) is 5.71. The lowest BCUT2D eigenvalue weighted by Crippen LogP contribution is -2.45. The molecule has 34 heavy (non-hydrogen) atoms. The highest BCUT2D eigenvalue weighted by Crippen LogP contribution is 2.38. The minimum Gasteiger partial charge on any atom is -0.339 e. The molecule has 0 N–H and O–H groups in total. The van der Waals surface area contributed by atoms with Gasteiger partial charge in [0, 0.05) is 31.1 Å². The largest absolute Gasteiger partial charge is 0.416 e. The summed E-state index contributed by atoms with van der Waals surface area (Å²) in [6.45, 7) is 2.79. The van der Waals surface area contributed by atoms with Crippen LogP contribution in [0.5, 0.6) is 0 Å². The van der Waals surface area contributed by atoms with E-state index >= 15 is 0 Å². The van der Waals surface area contributed by atoms with Gasteiger partial charge in [-0.15, -0.1) is 0 Å². The molecule has 0 bridgehead atoms. The Morgan fingerprint density at radius 3 is 2.29 bits per heavy atom. The number of alkyl halides is 3. The van der Waals surface area contributed by atoms with Crippen molar-refractivity contribution in [3.63, 3.8) is 0 Å². The molecule has 4 rings (SSSR count). The Morgan fingerprint density at radius 2 is 1.68 bits per heavy atom. The first-order valence-corrected chi connectivity index (χ1v) is 11.8. The second-order valence-electron chi connectivity index (χ2n) is 9.12. The fourth-order valence-electron chi connectivity index (χ4n) is 4.57. The van der Waals surface area contributed by atoms with Gasteiger partial charge in [0.15, 0.2) is 0 Å². The van der Waals surface area contributed by atoms with Crippen LogP contribution in [-0.4, -0.2) is 40.7 Å². The van der Waals surface area contributed by atoms with Crippen molar-refractivity contribution in [3.05, 3.63) is 77.4 Å². The topological polar surface area (TPSA) is 40.6 Å². The van der Waals surface area contributed by atoms with E-state index < -0.39 is 17.8 Å². The first-order valence-electron chi connectivity index (χ1n) is 11.8. The highest BCUT2D eigenvalue weighted by atomic mass is 19.4. The molecule has 0 aromatic heterocycles. The van der Waals surface area contributed by atoms with E-state index in [4.69, 9.17) is 0 Å². The fourth-order valence-corrected chi connectivity index (χ4v) is 4.57. The van der Waals surface area contributed by atoms with Crippen molar-refractivity contribution >= 4 is 17.9 Å². The maximum Gasteiger partial charge on any atom is 0.416 e. The Hall–Kier alpha value is -3.09. The van der Waals surface area contributed by atoms with Crippen LogP contribution < -0.4 is 0 Å². The maximum atomic E-state index is 13.4. The van der Waals surface area contributed by atoms with E-state index in [1.54, 1.807) is 34.9 Å². The summed E-state index contributed by atoms with van der Waals surface area (Å²) in [5.74, 6) is -0.318. The quantitative estimate of drug-likeness (QED) is 0.508. The first kappa shape index (κ1) is 24.0. The number of carbonyl (C=O) groups is 2. The summed E-state index contributed by atoms with van der Waals surface area (Å²) in [4.78, 5) is 29.5. The van der Waals surface area contributed by atoms with E-state index in [2.05, 4.69) is 0 Å². The Balaban J connectivity index is 1.39. The molecule has 0 radical (unpaired) electrons. The molecule has 7 heteroatoms. The van der Waals surface area contributed by atoms with Crippen LogP contribution in [0.2, 0.25) is 0 Å². The van der Waals surface area contributed by atoms with E-state index in [-0.39, 0.29) is 23.8 Å². The van der Waals surface area contributed by atoms with E-state index in [1.165, 1.54) is 6.07 Å². The molecule has 1 atom stereocenters. The van der Waals surface area contributed by atoms with Crippen molar-refractivity contribution in [3.8, 4) is 0 Å². The molecular formula is C27H29F3N2O2. The molecule has 4 nitrogen and oxygen atoms in total. The molecule has 1 aliphatic heterocycles. The van der Waals surface area contributed by atoms with Crippen LogP contribution in [0.1, 0.15) is 55.3 Å². The molecular weight excluding hydrogens is 441 g/mol. The number of likely N-dealkylation sites (tertiary alicyclic amines) is 1. The van der Waals surface area contributed by atoms with Gasteiger partial charge < -0.3 is 9.80 Å². The second kappa shape index (κ2) is 10.0. The number of halogens is 3. The van der Waals surface area contributed by atoms with Gasteiger partial charge in [0.2, 0.25) is 11.8 Å². The Labute approximate surface area is 198 Å². The molecule has 2 aromatic rings. The van der Waals surface area contributed by atoms with Gasteiger partial charge in [-0.05, 0) is 61.9 Å². The molecule has 180 valence electrons. The fraction of sp³-hybridized carbons (Fsp3) is 0.407. The summed E-state index contributed by atoms with van der Waals surface area (Å²) in [7, 11) is 0. The normalized spacial score (nSPS) is 18.2.